The Balaban J connectivity index is 1.97. The molecule has 1 saturated carbocycles. The van der Waals surface area contributed by atoms with E-state index in [9.17, 15) is 14.4 Å². The highest BCUT2D eigenvalue weighted by atomic mass is 32.2. The van der Waals surface area contributed by atoms with Crippen molar-refractivity contribution in [2.75, 3.05) is 6.26 Å². The molecule has 6 nitrogen and oxygen atoms in total. The van der Waals surface area contributed by atoms with E-state index in [-0.39, 0.29) is 11.6 Å². The molecule has 0 saturated heterocycles. The third-order valence-electron chi connectivity index (χ3n) is 3.89. The maximum absolute atomic E-state index is 12.7. The second-order valence-electron chi connectivity index (χ2n) is 5.31. The van der Waals surface area contributed by atoms with E-state index in [0.717, 1.165) is 5.69 Å². The number of hydrogen-bond donors (Lipinski definition) is 0. The van der Waals surface area contributed by atoms with Crippen molar-refractivity contribution >= 4 is 29.1 Å². The van der Waals surface area contributed by atoms with Crippen LogP contribution in [0.5, 0.6) is 0 Å². The van der Waals surface area contributed by atoms with Crippen LogP contribution < -0.4 is 0 Å². The van der Waals surface area contributed by atoms with E-state index in [0.29, 0.717) is 29.7 Å². The normalized spacial score (nSPS) is 15.9. The molecule has 0 radical (unpaired) electrons. The molecule has 0 atom stereocenters. The molecule has 1 fully saturated rings. The van der Waals surface area contributed by atoms with Crippen molar-refractivity contribution in [3.63, 3.8) is 0 Å². The van der Waals surface area contributed by atoms with Crippen molar-refractivity contribution in [3.05, 3.63) is 36.4 Å². The Morgan fingerprint density at radius 3 is 2.61 bits per heavy atom. The lowest BCUT2D eigenvalue weighted by Gasteiger charge is -2.19. The molecule has 0 unspecified atom stereocenters. The van der Waals surface area contributed by atoms with Crippen LogP contribution in [-0.4, -0.2) is 38.4 Å². The lowest BCUT2D eigenvalue weighted by molar-refractivity contribution is -0.133. The lowest BCUT2D eigenvalue weighted by atomic mass is 9.81. The van der Waals surface area contributed by atoms with Gasteiger partial charge >= 0.3 is 0 Å². The fraction of sp³-hybridized carbons (Fsp3) is 0.312. The zero-order chi connectivity index (χ0) is 16.4. The first-order chi connectivity index (χ1) is 11.1. The summed E-state index contributed by atoms with van der Waals surface area (Å²) in [5, 5.41) is 4.05. The Bertz CT molecular complexity index is 755. The van der Waals surface area contributed by atoms with Crippen LogP contribution in [0.4, 0.5) is 0 Å². The van der Waals surface area contributed by atoms with Crippen LogP contribution in [0.2, 0.25) is 0 Å². The number of Topliss-reactive ketones (excluding diaryl/α,β-unsaturated/α-hetero) is 3. The topological polar surface area (TPSA) is 81.9 Å². The van der Waals surface area contributed by atoms with Crippen molar-refractivity contribution in [1.29, 1.82) is 0 Å². The van der Waals surface area contributed by atoms with Crippen molar-refractivity contribution in [2.45, 2.75) is 24.2 Å². The predicted molar refractivity (Wildman–Crippen MR) is 84.8 cm³/mol. The standard InChI is InChI=1S/C16H15N3O3S/c1-23-14-7-10(19-9-17-8-18-19)5-6-11(14)16(22)15-12(20)3-2-4-13(15)21/h5-9,15H,2-4H2,1H3. The summed E-state index contributed by atoms with van der Waals surface area (Å²) in [6, 6.07) is 5.20. The van der Waals surface area contributed by atoms with Crippen LogP contribution in [0.15, 0.2) is 35.7 Å². The van der Waals surface area contributed by atoms with Gasteiger partial charge in [-0.05, 0) is 30.9 Å². The molecule has 2 aromatic rings. The first-order valence-electron chi connectivity index (χ1n) is 7.24. The van der Waals surface area contributed by atoms with Crippen LogP contribution in [0.3, 0.4) is 0 Å². The highest BCUT2D eigenvalue weighted by molar-refractivity contribution is 7.98. The fourth-order valence-corrected chi connectivity index (χ4v) is 3.35. The molecule has 1 heterocycles. The smallest absolute Gasteiger partial charge is 0.181 e. The van der Waals surface area contributed by atoms with Crippen molar-refractivity contribution in [1.82, 2.24) is 14.8 Å². The number of rotatable bonds is 4. The molecule has 118 valence electrons. The van der Waals surface area contributed by atoms with E-state index in [1.807, 2.05) is 12.3 Å². The Kier molecular flexibility index (Phi) is 4.38. The summed E-state index contributed by atoms with van der Waals surface area (Å²) in [5.41, 5.74) is 1.18. The SMILES string of the molecule is CSc1cc(-n2cncn2)ccc1C(=O)C1C(=O)CCCC1=O. The summed E-state index contributed by atoms with van der Waals surface area (Å²) in [5.74, 6) is -2.06. The Morgan fingerprint density at radius 2 is 2.00 bits per heavy atom. The van der Waals surface area contributed by atoms with Crippen LogP contribution in [0.1, 0.15) is 29.6 Å². The fourth-order valence-electron chi connectivity index (χ4n) is 2.72. The van der Waals surface area contributed by atoms with Gasteiger partial charge < -0.3 is 0 Å². The Morgan fingerprint density at radius 1 is 1.26 bits per heavy atom. The molecule has 7 heteroatoms. The second kappa shape index (κ2) is 6.45. The van der Waals surface area contributed by atoms with Gasteiger partial charge in [0.15, 0.2) is 17.3 Å². The molecular weight excluding hydrogens is 314 g/mol. The van der Waals surface area contributed by atoms with Crippen molar-refractivity contribution in [2.24, 2.45) is 5.92 Å². The van der Waals surface area contributed by atoms with Gasteiger partial charge in [0.25, 0.3) is 0 Å². The molecule has 3 rings (SSSR count). The van der Waals surface area contributed by atoms with E-state index in [2.05, 4.69) is 10.1 Å². The second-order valence-corrected chi connectivity index (χ2v) is 6.16. The zero-order valence-electron chi connectivity index (χ0n) is 12.6. The van der Waals surface area contributed by atoms with Gasteiger partial charge in [-0.25, -0.2) is 9.67 Å². The molecule has 0 aliphatic heterocycles. The molecule has 0 bridgehead atoms. The monoisotopic (exact) mass is 329 g/mol. The molecule has 0 spiro atoms. The molecule has 0 N–H and O–H groups in total. The van der Waals surface area contributed by atoms with Gasteiger partial charge in [-0.15, -0.1) is 11.8 Å². The van der Waals surface area contributed by atoms with Gasteiger partial charge in [0.2, 0.25) is 0 Å². The number of hydrogen-bond acceptors (Lipinski definition) is 6. The van der Waals surface area contributed by atoms with Crippen molar-refractivity contribution < 1.29 is 14.4 Å². The summed E-state index contributed by atoms with van der Waals surface area (Å²) in [6.07, 6.45) is 5.98. The summed E-state index contributed by atoms with van der Waals surface area (Å²) >= 11 is 1.40. The number of thioether (sulfide) groups is 1. The van der Waals surface area contributed by atoms with E-state index < -0.39 is 11.7 Å². The largest absolute Gasteiger partial charge is 0.298 e. The number of carbonyl (C=O) groups excluding carboxylic acids is 3. The molecule has 1 aromatic heterocycles. The third-order valence-corrected chi connectivity index (χ3v) is 4.66. The third kappa shape index (κ3) is 2.96. The molecule has 1 aliphatic rings. The number of nitrogens with zero attached hydrogens (tertiary/aromatic N) is 3. The number of ketones is 3. The van der Waals surface area contributed by atoms with E-state index in [1.54, 1.807) is 23.1 Å². The molecule has 1 aliphatic carbocycles. The predicted octanol–water partition coefficient (Wildman–Crippen LogP) is 2.11. The quantitative estimate of drug-likeness (QED) is 0.485. The number of benzene rings is 1. The highest BCUT2D eigenvalue weighted by Gasteiger charge is 2.37. The van der Waals surface area contributed by atoms with E-state index >= 15 is 0 Å². The average Bonchev–Trinajstić information content (AvgIpc) is 3.08. The van der Waals surface area contributed by atoms with Gasteiger partial charge in [-0.1, -0.05) is 0 Å². The maximum Gasteiger partial charge on any atom is 0.181 e. The lowest BCUT2D eigenvalue weighted by Crippen LogP contribution is -2.35. The summed E-state index contributed by atoms with van der Waals surface area (Å²) in [7, 11) is 0. The van der Waals surface area contributed by atoms with Crippen LogP contribution in [-0.2, 0) is 9.59 Å². The first-order valence-corrected chi connectivity index (χ1v) is 8.47. The van der Waals surface area contributed by atoms with Gasteiger partial charge in [-0.2, -0.15) is 5.10 Å². The minimum atomic E-state index is -1.13. The Hall–Kier alpha value is -2.28. The first kappa shape index (κ1) is 15.6. The number of carbonyl (C=O) groups is 3. The number of aromatic nitrogens is 3. The molecule has 1 aromatic carbocycles. The van der Waals surface area contributed by atoms with Crippen molar-refractivity contribution in [3.8, 4) is 5.69 Å². The van der Waals surface area contributed by atoms with Crippen LogP contribution in [0, 0.1) is 5.92 Å². The van der Waals surface area contributed by atoms with E-state index in [4.69, 9.17) is 0 Å². The molecule has 23 heavy (non-hydrogen) atoms. The average molecular weight is 329 g/mol. The highest BCUT2D eigenvalue weighted by Crippen LogP contribution is 2.28. The van der Waals surface area contributed by atoms with Gasteiger partial charge in [-0.3, -0.25) is 14.4 Å². The van der Waals surface area contributed by atoms with E-state index in [1.165, 1.54) is 18.1 Å². The maximum atomic E-state index is 12.7. The minimum Gasteiger partial charge on any atom is -0.298 e. The molecular formula is C16H15N3O3S. The van der Waals surface area contributed by atoms with Gasteiger partial charge in [0, 0.05) is 23.3 Å². The summed E-state index contributed by atoms with van der Waals surface area (Å²) in [4.78, 5) is 41.3. The summed E-state index contributed by atoms with van der Waals surface area (Å²) in [6.45, 7) is 0. The Labute approximate surface area is 137 Å². The van der Waals surface area contributed by atoms with Gasteiger partial charge in [0.05, 0.1) is 5.69 Å². The summed E-state index contributed by atoms with van der Waals surface area (Å²) < 4.78 is 1.59. The molecule has 0 amide bonds. The van der Waals surface area contributed by atoms with Crippen LogP contribution in [0.25, 0.3) is 5.69 Å². The van der Waals surface area contributed by atoms with Crippen LogP contribution >= 0.6 is 11.8 Å². The zero-order valence-corrected chi connectivity index (χ0v) is 13.4. The minimum absolute atomic E-state index is 0.265. The van der Waals surface area contributed by atoms with Gasteiger partial charge in [0.1, 0.15) is 18.6 Å².